The molecule has 2 aromatic heterocycles. The summed E-state index contributed by atoms with van der Waals surface area (Å²) in [6.07, 6.45) is 4.52. The Balaban J connectivity index is 0.00000405. The lowest BCUT2D eigenvalue weighted by Gasteiger charge is -2.38. The maximum atomic E-state index is 15.1. The average molecular weight is 695 g/mol. The third-order valence-electron chi connectivity index (χ3n) is 7.07. The van der Waals surface area contributed by atoms with Crippen molar-refractivity contribution in [2.24, 2.45) is 0 Å². The molecule has 1 saturated heterocycles. The van der Waals surface area contributed by atoms with Crippen LogP contribution in [0.5, 0.6) is 0 Å². The number of tetrazole rings is 1. The number of aliphatic hydroxyl groups is 1. The van der Waals surface area contributed by atoms with E-state index in [9.17, 15) is 19.1 Å². The molecule has 0 saturated carbocycles. The molecule has 3 heterocycles. The minimum Gasteiger partial charge on any atom is -1.00 e. The van der Waals surface area contributed by atoms with E-state index < -0.39 is 35.3 Å². The standard InChI is InChI=1S/C26H28F2N9O4.HI/c1-3-24(38)41-17-33-15-30-34(16-33)13-26(40,22-9-4-19(27)12-23(22)28)18(2)35-10-11-36(25(35)39)20-5-7-21(8-6-20)37-14-29-31-32-37;/h4-9,12,14-16,18,40H,3,10-11,13,17H2,1-2H3;1H/q+1;/p-1/t18-,26-;/m1./s1. The number of hydrogen-bond acceptors (Lipinski definition) is 8. The van der Waals surface area contributed by atoms with Crippen molar-refractivity contribution in [1.29, 1.82) is 0 Å². The van der Waals surface area contributed by atoms with Gasteiger partial charge in [-0.3, -0.25) is 9.69 Å². The molecule has 2 atom stereocenters. The number of esters is 1. The van der Waals surface area contributed by atoms with E-state index in [1.54, 1.807) is 43.0 Å². The van der Waals surface area contributed by atoms with Crippen LogP contribution in [-0.4, -0.2) is 71.1 Å². The minimum absolute atomic E-state index is 0. The Kier molecular flexibility index (Phi) is 9.45. The van der Waals surface area contributed by atoms with E-state index in [2.05, 4.69) is 20.6 Å². The Morgan fingerprint density at radius 1 is 1.17 bits per heavy atom. The molecular weight excluding hydrogens is 667 g/mol. The highest BCUT2D eigenvalue weighted by Gasteiger charge is 2.47. The maximum absolute atomic E-state index is 15.1. The molecule has 1 fully saturated rings. The molecule has 0 aliphatic carbocycles. The predicted molar refractivity (Wildman–Crippen MR) is 137 cm³/mol. The molecular formula is C26H28F2IN9O4. The number of nitrogens with zero attached hydrogens (tertiary/aromatic N) is 9. The van der Waals surface area contributed by atoms with Crippen LogP contribution in [0.4, 0.5) is 19.3 Å². The quantitative estimate of drug-likeness (QED) is 0.121. The molecule has 0 spiro atoms. The number of anilines is 1. The van der Waals surface area contributed by atoms with Gasteiger partial charge in [-0.2, -0.15) is 0 Å². The van der Waals surface area contributed by atoms with Gasteiger partial charge in [-0.25, -0.2) is 22.8 Å². The van der Waals surface area contributed by atoms with Crippen molar-refractivity contribution in [3.05, 3.63) is 78.6 Å². The number of amides is 2. The Labute approximate surface area is 256 Å². The Bertz CT molecular complexity index is 1540. The maximum Gasteiger partial charge on any atom is 0.324 e. The lowest BCUT2D eigenvalue weighted by molar-refractivity contribution is -0.728. The van der Waals surface area contributed by atoms with Crippen molar-refractivity contribution in [1.82, 2.24) is 34.9 Å². The lowest BCUT2D eigenvalue weighted by atomic mass is 9.85. The summed E-state index contributed by atoms with van der Waals surface area (Å²) in [5.74, 6) is -2.16. The highest BCUT2D eigenvalue weighted by Crippen LogP contribution is 2.35. The topological polar surface area (TPSA) is 135 Å². The van der Waals surface area contributed by atoms with E-state index >= 15 is 4.39 Å². The number of ether oxygens (including phenoxy) is 1. The zero-order valence-corrected chi connectivity index (χ0v) is 24.9. The number of urea groups is 1. The van der Waals surface area contributed by atoms with Crippen LogP contribution >= 0.6 is 0 Å². The number of halogens is 3. The van der Waals surface area contributed by atoms with Crippen LogP contribution in [0.3, 0.4) is 0 Å². The molecule has 0 bridgehead atoms. The van der Waals surface area contributed by atoms with Crippen molar-refractivity contribution in [2.75, 3.05) is 18.0 Å². The number of rotatable bonds is 10. The van der Waals surface area contributed by atoms with Crippen molar-refractivity contribution in [3.8, 4) is 5.69 Å². The molecule has 4 aromatic rings. The monoisotopic (exact) mass is 695 g/mol. The van der Waals surface area contributed by atoms with Crippen LogP contribution in [0.1, 0.15) is 25.8 Å². The van der Waals surface area contributed by atoms with Gasteiger partial charge < -0.3 is 38.7 Å². The second-order valence-corrected chi connectivity index (χ2v) is 9.58. The number of aromatic nitrogens is 7. The van der Waals surface area contributed by atoms with Gasteiger partial charge in [-0.15, -0.1) is 9.78 Å². The highest BCUT2D eigenvalue weighted by atomic mass is 127. The molecule has 1 N–H and O–H groups in total. The summed E-state index contributed by atoms with van der Waals surface area (Å²) < 4.78 is 38.3. The van der Waals surface area contributed by atoms with Gasteiger partial charge in [0.25, 0.3) is 6.33 Å². The van der Waals surface area contributed by atoms with Gasteiger partial charge in [0.05, 0.1) is 11.7 Å². The van der Waals surface area contributed by atoms with Gasteiger partial charge in [0.2, 0.25) is 13.1 Å². The van der Waals surface area contributed by atoms with E-state index in [0.29, 0.717) is 24.0 Å². The molecule has 1 aliphatic rings. The van der Waals surface area contributed by atoms with Gasteiger partial charge in [0.15, 0.2) is 0 Å². The molecule has 42 heavy (non-hydrogen) atoms. The summed E-state index contributed by atoms with van der Waals surface area (Å²) in [5, 5.41) is 27.3. The van der Waals surface area contributed by atoms with E-state index in [1.165, 1.54) is 37.8 Å². The first-order valence-corrected chi connectivity index (χ1v) is 12.9. The van der Waals surface area contributed by atoms with Crippen LogP contribution in [-0.2, 0) is 28.4 Å². The van der Waals surface area contributed by atoms with Crippen LogP contribution < -0.4 is 33.4 Å². The first-order chi connectivity index (χ1) is 19.7. The Hall–Kier alpha value is -4.06. The number of hydrogen-bond donors (Lipinski definition) is 1. The van der Waals surface area contributed by atoms with Crippen LogP contribution in [0.25, 0.3) is 5.69 Å². The first kappa shape index (κ1) is 30.9. The fourth-order valence-electron chi connectivity index (χ4n) is 4.77. The number of benzene rings is 2. The zero-order chi connectivity index (χ0) is 29.1. The molecule has 222 valence electrons. The van der Waals surface area contributed by atoms with Gasteiger partial charge in [0.1, 0.15) is 30.1 Å². The summed E-state index contributed by atoms with van der Waals surface area (Å²) in [4.78, 5) is 28.1. The predicted octanol–water partition coefficient (Wildman–Crippen LogP) is -1.44. The number of carbonyl (C=O) groups excluding carboxylic acids is 2. The Morgan fingerprint density at radius 2 is 1.90 bits per heavy atom. The summed E-state index contributed by atoms with van der Waals surface area (Å²) in [6.45, 7) is 3.45. The van der Waals surface area contributed by atoms with Crippen molar-refractivity contribution >= 4 is 17.7 Å². The van der Waals surface area contributed by atoms with E-state index in [4.69, 9.17) is 4.74 Å². The van der Waals surface area contributed by atoms with Crippen LogP contribution in [0.2, 0.25) is 0 Å². The second-order valence-electron chi connectivity index (χ2n) is 9.58. The van der Waals surface area contributed by atoms with E-state index in [0.717, 1.165) is 12.1 Å². The summed E-state index contributed by atoms with van der Waals surface area (Å²) in [5.41, 5.74) is -0.884. The largest absolute Gasteiger partial charge is 1.00 e. The highest BCUT2D eigenvalue weighted by molar-refractivity contribution is 5.94. The fourth-order valence-corrected chi connectivity index (χ4v) is 4.77. The molecule has 16 heteroatoms. The van der Waals surface area contributed by atoms with E-state index in [1.807, 2.05) is 0 Å². The molecule has 0 radical (unpaired) electrons. The van der Waals surface area contributed by atoms with Crippen molar-refractivity contribution < 1.29 is 56.8 Å². The molecule has 1 aliphatic heterocycles. The smallest absolute Gasteiger partial charge is 0.324 e. The SMILES string of the molecule is CCC(=O)OC[n+]1cnn(C[C@](O)(c2ccc(F)cc2F)[C@@H](C)N2CCN(c3ccc(-n4cnnn4)cc3)C2=O)c1.[I-]. The van der Waals surface area contributed by atoms with E-state index in [-0.39, 0.29) is 55.8 Å². The summed E-state index contributed by atoms with van der Waals surface area (Å²) in [6, 6.07) is 8.58. The third-order valence-corrected chi connectivity index (χ3v) is 7.07. The molecule has 5 rings (SSSR count). The average Bonchev–Trinajstić information content (AvgIpc) is 3.73. The van der Waals surface area contributed by atoms with Crippen LogP contribution in [0, 0.1) is 11.6 Å². The van der Waals surface area contributed by atoms with Crippen LogP contribution in [0.15, 0.2) is 61.4 Å². The molecule has 13 nitrogen and oxygen atoms in total. The molecule has 0 unspecified atom stereocenters. The summed E-state index contributed by atoms with van der Waals surface area (Å²) in [7, 11) is 0. The molecule has 2 amide bonds. The summed E-state index contributed by atoms with van der Waals surface area (Å²) >= 11 is 0. The Morgan fingerprint density at radius 3 is 2.57 bits per heavy atom. The van der Waals surface area contributed by atoms with Gasteiger partial charge in [0, 0.05) is 41.9 Å². The minimum atomic E-state index is -2.02. The fraction of sp³-hybridized carbons (Fsp3) is 0.346. The zero-order valence-electron chi connectivity index (χ0n) is 22.7. The van der Waals surface area contributed by atoms with Gasteiger partial charge >= 0.3 is 12.0 Å². The number of carbonyl (C=O) groups is 2. The van der Waals surface area contributed by atoms with Gasteiger partial charge in [-0.1, -0.05) is 13.0 Å². The normalized spacial score (nSPS) is 15.3. The third kappa shape index (κ3) is 6.23. The first-order valence-electron chi connectivity index (χ1n) is 12.9. The van der Waals surface area contributed by atoms with Crippen molar-refractivity contribution in [3.63, 3.8) is 0 Å². The van der Waals surface area contributed by atoms with Crippen molar-refractivity contribution in [2.45, 2.75) is 45.2 Å². The lowest BCUT2D eigenvalue weighted by Crippen LogP contribution is -3.00. The molecule has 2 aromatic carbocycles. The second kappa shape index (κ2) is 12.8. The van der Waals surface area contributed by atoms with Gasteiger partial charge in [-0.05, 0) is 47.7 Å².